The topological polar surface area (TPSA) is 86.0 Å². The monoisotopic (exact) mass is 329 g/mol. The molecule has 120 valence electrons. The number of nitriles is 1. The molecule has 0 saturated heterocycles. The van der Waals surface area contributed by atoms with Gasteiger partial charge in [-0.05, 0) is 23.6 Å². The minimum atomic E-state index is -0.645. The van der Waals surface area contributed by atoms with Crippen LogP contribution >= 0.6 is 11.3 Å². The van der Waals surface area contributed by atoms with E-state index in [9.17, 15) is 9.90 Å². The molecule has 0 saturated carbocycles. The Labute approximate surface area is 139 Å². The SMILES string of the molecule is CC(C)C(O)CC(=O)Nc1ncc(Cc2ccc(C#N)cc2)s1. The molecular formula is C17H19N3O2S. The molecular weight excluding hydrogens is 310 g/mol. The molecule has 0 radical (unpaired) electrons. The number of hydrogen-bond donors (Lipinski definition) is 2. The molecule has 5 nitrogen and oxygen atoms in total. The summed E-state index contributed by atoms with van der Waals surface area (Å²) in [5.41, 5.74) is 1.72. The van der Waals surface area contributed by atoms with E-state index in [1.54, 1.807) is 18.3 Å². The molecule has 23 heavy (non-hydrogen) atoms. The van der Waals surface area contributed by atoms with Crippen LogP contribution in [0, 0.1) is 17.2 Å². The average molecular weight is 329 g/mol. The first-order chi connectivity index (χ1) is 11.0. The average Bonchev–Trinajstić information content (AvgIpc) is 2.94. The summed E-state index contributed by atoms with van der Waals surface area (Å²) in [5.74, 6) is -0.186. The summed E-state index contributed by atoms with van der Waals surface area (Å²) >= 11 is 1.41. The van der Waals surface area contributed by atoms with Crippen LogP contribution in [0.5, 0.6) is 0 Å². The zero-order valence-corrected chi connectivity index (χ0v) is 13.9. The van der Waals surface area contributed by atoms with Crippen molar-refractivity contribution in [2.75, 3.05) is 5.32 Å². The molecule has 1 atom stereocenters. The molecule has 0 spiro atoms. The molecule has 0 aliphatic carbocycles. The summed E-state index contributed by atoms with van der Waals surface area (Å²) in [6.45, 7) is 3.74. The zero-order chi connectivity index (χ0) is 16.8. The number of rotatable bonds is 6. The Kier molecular flexibility index (Phi) is 5.85. The van der Waals surface area contributed by atoms with Crippen molar-refractivity contribution in [1.29, 1.82) is 5.26 Å². The van der Waals surface area contributed by atoms with Crippen LogP contribution in [0.15, 0.2) is 30.5 Å². The maximum atomic E-state index is 11.8. The second-order valence-corrected chi connectivity index (χ2v) is 6.80. The van der Waals surface area contributed by atoms with Crippen molar-refractivity contribution < 1.29 is 9.90 Å². The minimum Gasteiger partial charge on any atom is -0.392 e. The van der Waals surface area contributed by atoms with Crippen molar-refractivity contribution in [3.63, 3.8) is 0 Å². The first-order valence-electron chi connectivity index (χ1n) is 7.39. The van der Waals surface area contributed by atoms with E-state index in [-0.39, 0.29) is 18.2 Å². The van der Waals surface area contributed by atoms with E-state index < -0.39 is 6.10 Å². The lowest BCUT2D eigenvalue weighted by Crippen LogP contribution is -2.23. The van der Waals surface area contributed by atoms with Gasteiger partial charge < -0.3 is 10.4 Å². The molecule has 1 unspecified atom stereocenters. The zero-order valence-electron chi connectivity index (χ0n) is 13.1. The number of aliphatic hydroxyl groups is 1. The number of thiazole rings is 1. The number of carbonyl (C=O) groups excluding carboxylic acids is 1. The fraction of sp³-hybridized carbons (Fsp3) is 0.353. The Morgan fingerprint density at radius 1 is 1.39 bits per heavy atom. The highest BCUT2D eigenvalue weighted by Gasteiger charge is 2.15. The van der Waals surface area contributed by atoms with Gasteiger partial charge in [-0.1, -0.05) is 26.0 Å². The molecule has 0 bridgehead atoms. The van der Waals surface area contributed by atoms with E-state index in [1.165, 1.54) is 11.3 Å². The van der Waals surface area contributed by atoms with Crippen LogP contribution in [0.25, 0.3) is 0 Å². The quantitative estimate of drug-likeness (QED) is 0.853. The third kappa shape index (κ3) is 5.16. The number of hydrogen-bond acceptors (Lipinski definition) is 5. The highest BCUT2D eigenvalue weighted by Crippen LogP contribution is 2.22. The van der Waals surface area contributed by atoms with Gasteiger partial charge in [0, 0.05) is 17.5 Å². The molecule has 0 aliphatic rings. The third-order valence-corrected chi connectivity index (χ3v) is 4.34. The van der Waals surface area contributed by atoms with E-state index >= 15 is 0 Å². The van der Waals surface area contributed by atoms with Crippen molar-refractivity contribution in [3.8, 4) is 6.07 Å². The summed E-state index contributed by atoms with van der Waals surface area (Å²) in [5, 5.41) is 21.8. The van der Waals surface area contributed by atoms with Gasteiger partial charge in [-0.3, -0.25) is 4.79 Å². The molecule has 0 aliphatic heterocycles. The Hall–Kier alpha value is -2.23. The number of aromatic nitrogens is 1. The van der Waals surface area contributed by atoms with Gasteiger partial charge >= 0.3 is 0 Å². The standard InChI is InChI=1S/C17H19N3O2S/c1-11(2)15(21)8-16(22)20-17-19-10-14(23-17)7-12-3-5-13(9-18)6-4-12/h3-6,10-11,15,21H,7-8H2,1-2H3,(H,19,20,22). The van der Waals surface area contributed by atoms with Crippen molar-refractivity contribution in [1.82, 2.24) is 4.98 Å². The third-order valence-electron chi connectivity index (χ3n) is 3.43. The lowest BCUT2D eigenvalue weighted by molar-refractivity contribution is -0.118. The number of benzene rings is 1. The van der Waals surface area contributed by atoms with Gasteiger partial charge in [0.25, 0.3) is 0 Å². The van der Waals surface area contributed by atoms with E-state index in [0.29, 0.717) is 17.1 Å². The van der Waals surface area contributed by atoms with Crippen LogP contribution in [-0.2, 0) is 11.2 Å². The summed E-state index contributed by atoms with van der Waals surface area (Å²) < 4.78 is 0. The second kappa shape index (κ2) is 7.86. The van der Waals surface area contributed by atoms with Crippen molar-refractivity contribution in [2.45, 2.75) is 32.8 Å². The minimum absolute atomic E-state index is 0.0454. The lowest BCUT2D eigenvalue weighted by atomic mass is 10.0. The Bertz CT molecular complexity index is 701. The van der Waals surface area contributed by atoms with Gasteiger partial charge in [-0.25, -0.2) is 4.98 Å². The molecule has 1 amide bonds. The largest absolute Gasteiger partial charge is 0.392 e. The van der Waals surface area contributed by atoms with E-state index in [0.717, 1.165) is 10.4 Å². The highest BCUT2D eigenvalue weighted by molar-refractivity contribution is 7.15. The smallest absolute Gasteiger partial charge is 0.228 e. The number of amides is 1. The van der Waals surface area contributed by atoms with E-state index in [2.05, 4.69) is 16.4 Å². The predicted molar refractivity (Wildman–Crippen MR) is 90.2 cm³/mol. The Morgan fingerprint density at radius 2 is 2.09 bits per heavy atom. The fourth-order valence-corrected chi connectivity index (χ4v) is 2.80. The first-order valence-corrected chi connectivity index (χ1v) is 8.21. The molecule has 2 aromatic rings. The molecule has 2 rings (SSSR count). The van der Waals surface area contributed by atoms with Gasteiger partial charge in [0.05, 0.1) is 24.2 Å². The second-order valence-electron chi connectivity index (χ2n) is 5.68. The van der Waals surface area contributed by atoms with Crippen LogP contribution in [0.3, 0.4) is 0 Å². The summed E-state index contributed by atoms with van der Waals surface area (Å²) in [4.78, 5) is 17.0. The highest BCUT2D eigenvalue weighted by atomic mass is 32.1. The van der Waals surface area contributed by atoms with E-state index in [4.69, 9.17) is 5.26 Å². The van der Waals surface area contributed by atoms with E-state index in [1.807, 2.05) is 26.0 Å². The Balaban J connectivity index is 1.92. The van der Waals surface area contributed by atoms with Crippen LogP contribution in [0.2, 0.25) is 0 Å². The lowest BCUT2D eigenvalue weighted by Gasteiger charge is -2.12. The van der Waals surface area contributed by atoms with Crippen molar-refractivity contribution in [3.05, 3.63) is 46.5 Å². The predicted octanol–water partition coefficient (Wildman–Crippen LogP) is 2.95. The fourth-order valence-electron chi connectivity index (χ4n) is 1.94. The van der Waals surface area contributed by atoms with Crippen molar-refractivity contribution in [2.24, 2.45) is 5.92 Å². The van der Waals surface area contributed by atoms with Gasteiger partial charge in [0.1, 0.15) is 0 Å². The number of nitrogens with zero attached hydrogens (tertiary/aromatic N) is 2. The molecule has 2 N–H and O–H groups in total. The number of nitrogens with one attached hydrogen (secondary N) is 1. The molecule has 1 aromatic carbocycles. The van der Waals surface area contributed by atoms with Gasteiger partial charge in [-0.2, -0.15) is 5.26 Å². The van der Waals surface area contributed by atoms with Gasteiger partial charge in [0.2, 0.25) is 5.91 Å². The number of carbonyl (C=O) groups is 1. The molecule has 6 heteroatoms. The summed E-state index contributed by atoms with van der Waals surface area (Å²) in [7, 11) is 0. The summed E-state index contributed by atoms with van der Waals surface area (Å²) in [6, 6.07) is 9.48. The van der Waals surface area contributed by atoms with Crippen LogP contribution in [0.4, 0.5) is 5.13 Å². The van der Waals surface area contributed by atoms with Crippen LogP contribution < -0.4 is 5.32 Å². The molecule has 0 fully saturated rings. The molecule has 1 aromatic heterocycles. The number of aliphatic hydroxyl groups excluding tert-OH is 1. The summed E-state index contributed by atoms with van der Waals surface area (Å²) in [6.07, 6.45) is 1.86. The normalized spacial score (nSPS) is 12.0. The number of anilines is 1. The van der Waals surface area contributed by atoms with Gasteiger partial charge in [0.15, 0.2) is 5.13 Å². The Morgan fingerprint density at radius 3 is 2.70 bits per heavy atom. The first kappa shape index (κ1) is 17.1. The maximum absolute atomic E-state index is 11.8. The van der Waals surface area contributed by atoms with Gasteiger partial charge in [-0.15, -0.1) is 11.3 Å². The maximum Gasteiger partial charge on any atom is 0.228 e. The van der Waals surface area contributed by atoms with Crippen molar-refractivity contribution >= 4 is 22.4 Å². The van der Waals surface area contributed by atoms with Crippen LogP contribution in [-0.4, -0.2) is 22.1 Å². The molecule has 1 heterocycles. The van der Waals surface area contributed by atoms with Crippen LogP contribution in [0.1, 0.15) is 36.3 Å².